The summed E-state index contributed by atoms with van der Waals surface area (Å²) in [6.07, 6.45) is 9.15. The molecular formula is C65H78F3N9O10S3. The van der Waals surface area contributed by atoms with E-state index in [4.69, 9.17) is 0 Å². The van der Waals surface area contributed by atoms with E-state index < -0.39 is 82.5 Å². The molecule has 4 heterocycles. The molecule has 8 aliphatic rings. The molecule has 3 saturated carbocycles. The van der Waals surface area contributed by atoms with Gasteiger partial charge in [0, 0.05) is 106 Å². The molecule has 1 unspecified atom stereocenters. The van der Waals surface area contributed by atoms with Crippen molar-refractivity contribution in [3.8, 4) is 0 Å². The van der Waals surface area contributed by atoms with Crippen LogP contribution in [0.3, 0.4) is 0 Å². The molecular weight excluding hydrogens is 1220 g/mol. The van der Waals surface area contributed by atoms with Gasteiger partial charge in [0.1, 0.15) is 10.9 Å². The summed E-state index contributed by atoms with van der Waals surface area (Å²) in [5, 5.41) is 7.96. The maximum absolute atomic E-state index is 14.5. The number of hydrogen-bond donors (Lipinski definition) is 4. The summed E-state index contributed by atoms with van der Waals surface area (Å²) in [6, 6.07) is 20.9. The van der Waals surface area contributed by atoms with Crippen molar-refractivity contribution in [2.75, 3.05) is 93.3 Å². The zero-order valence-electron chi connectivity index (χ0n) is 51.0. The fourth-order valence-corrected chi connectivity index (χ4v) is 17.5. The lowest BCUT2D eigenvalue weighted by atomic mass is 9.33. The Labute approximate surface area is 528 Å². The van der Waals surface area contributed by atoms with Crippen LogP contribution in [0.1, 0.15) is 129 Å². The van der Waals surface area contributed by atoms with Gasteiger partial charge in [0.25, 0.3) is 37.6 Å². The number of unbranched alkanes of at least 4 members (excludes halogenated alkanes) is 1. The van der Waals surface area contributed by atoms with Gasteiger partial charge < -0.3 is 25.3 Å². The number of nitrogens with one attached hydrogen (secondary N) is 4. The van der Waals surface area contributed by atoms with Crippen molar-refractivity contribution in [3.63, 3.8) is 0 Å². The van der Waals surface area contributed by atoms with E-state index in [9.17, 15) is 58.8 Å². The van der Waals surface area contributed by atoms with E-state index in [1.807, 2.05) is 35.1 Å². The summed E-state index contributed by atoms with van der Waals surface area (Å²) in [7, 11) is -11.1. The van der Waals surface area contributed by atoms with Gasteiger partial charge in [-0.3, -0.25) is 43.9 Å². The Balaban J connectivity index is 0.672. The number of carbonyl (C=O) groups is 6. The van der Waals surface area contributed by atoms with Crippen LogP contribution in [-0.4, -0.2) is 167 Å². The highest BCUT2D eigenvalue weighted by Gasteiger charge is 2.67. The first kappa shape index (κ1) is 64.9. The van der Waals surface area contributed by atoms with Gasteiger partial charge in [0.05, 0.1) is 27.4 Å². The summed E-state index contributed by atoms with van der Waals surface area (Å²) in [5.41, 5.74) is -0.549. The molecule has 6 amide bonds. The van der Waals surface area contributed by atoms with Crippen molar-refractivity contribution in [1.82, 2.24) is 29.6 Å². The van der Waals surface area contributed by atoms with E-state index >= 15 is 0 Å². The SMILES string of the molecule is CC1(C)CCC(CN2CCN(c3ccc(C(=O)NS(=O)(=O)c4ccc(N[C@H](CCN5CCN(CCCCC(=O)Nc6cccc7c6C(=O)N(C6CCC(=O)NC6=O)C7=O)CC5)CSc5ccccc5)c(S(=O)(=O)C(F)(F)F)c4)cc3)CC2)=C(C23CC(C)(C2)C3)C1. The molecule has 4 aromatic carbocycles. The molecule has 2 atom stereocenters. The highest BCUT2D eigenvalue weighted by atomic mass is 32.2. The second kappa shape index (κ2) is 25.8. The number of sulfonamides is 1. The number of hydrogen-bond acceptors (Lipinski definition) is 16. The number of imide groups is 2. The minimum absolute atomic E-state index is 0.00160. The molecule has 6 fully saturated rings. The first-order valence-corrected chi connectivity index (χ1v) is 35.0. The van der Waals surface area contributed by atoms with E-state index in [2.05, 4.69) is 56.3 Å². The van der Waals surface area contributed by atoms with Gasteiger partial charge in [-0.15, -0.1) is 11.8 Å². The number of rotatable bonds is 23. The summed E-state index contributed by atoms with van der Waals surface area (Å²) in [6.45, 7) is 15.3. The lowest BCUT2D eigenvalue weighted by Crippen LogP contribution is -2.61. The minimum Gasteiger partial charge on any atom is -0.380 e. The number of thioether (sulfide) groups is 1. The van der Waals surface area contributed by atoms with Crippen molar-refractivity contribution in [1.29, 1.82) is 0 Å². The standard InChI is InChI=1S/C65H78F3N9O10S3/c1-62(2)25-23-44(50(37-62)64-40-63(3,41-64)42-64)38-75-32-34-76(35-33-75)46-17-15-43(16-18-46)58(80)72-90(86,87)48-19-20-51(54(36-48)89(84,85)65(66,67)68)69-45(39-88-47-10-5-4-6-11-47)24-27-74-30-28-73(29-31-74)26-8-7-14-55(78)70-52-13-9-12-49-57(52)61(83)77(60(49)82)53-21-22-56(79)71-59(53)81/h4-6,9-13,15-20,36,45,53,69H,7-8,14,21-35,37-42H2,1-3H3,(H,70,78)(H,72,80)(H,71,79,81)/t45-,53?,63?,64?/m1/s1. The van der Waals surface area contributed by atoms with Crippen molar-refractivity contribution in [3.05, 3.63) is 119 Å². The van der Waals surface area contributed by atoms with Crippen molar-refractivity contribution >= 4 is 84.1 Å². The number of carbonyl (C=O) groups excluding carboxylic acids is 6. The van der Waals surface area contributed by atoms with Crippen molar-refractivity contribution in [2.45, 2.75) is 130 Å². The van der Waals surface area contributed by atoms with E-state index in [-0.39, 0.29) is 47.5 Å². The van der Waals surface area contributed by atoms with Gasteiger partial charge >= 0.3 is 5.51 Å². The largest absolute Gasteiger partial charge is 0.501 e. The van der Waals surface area contributed by atoms with Gasteiger partial charge in [-0.25, -0.2) is 21.6 Å². The van der Waals surface area contributed by atoms with Crippen LogP contribution < -0.4 is 25.6 Å². The molecule has 25 heteroatoms. The highest BCUT2D eigenvalue weighted by Crippen LogP contribution is 2.77. The predicted molar refractivity (Wildman–Crippen MR) is 336 cm³/mol. The molecule has 3 saturated heterocycles. The molecule has 0 radical (unpaired) electrons. The normalized spacial score (nSPS) is 23.6. The van der Waals surface area contributed by atoms with E-state index in [0.29, 0.717) is 86.6 Å². The van der Waals surface area contributed by atoms with Crippen LogP contribution in [0, 0.1) is 16.2 Å². The van der Waals surface area contributed by atoms with Crippen molar-refractivity contribution in [2.24, 2.45) is 16.2 Å². The average molecular weight is 1300 g/mol. The lowest BCUT2D eigenvalue weighted by molar-refractivity contribution is -0.167. The maximum atomic E-state index is 14.5. The Hall–Kier alpha value is -6.64. The number of nitrogens with zero attached hydrogens (tertiary/aromatic N) is 5. The second-order valence-electron chi connectivity index (χ2n) is 26.5. The third kappa shape index (κ3) is 14.1. The van der Waals surface area contributed by atoms with Gasteiger partial charge in [0.15, 0.2) is 0 Å². The van der Waals surface area contributed by atoms with Crippen molar-refractivity contribution < 1.29 is 58.8 Å². The number of allylic oxidation sites excluding steroid dienone is 1. The van der Waals surface area contributed by atoms with Crippen LogP contribution in [0.15, 0.2) is 117 Å². The molecule has 482 valence electrons. The van der Waals surface area contributed by atoms with Gasteiger partial charge in [-0.2, -0.15) is 13.2 Å². The molecule has 4 aliphatic carbocycles. The molecule has 0 spiro atoms. The number of halogens is 3. The van der Waals surface area contributed by atoms with Gasteiger partial charge in [0.2, 0.25) is 17.7 Å². The Morgan fingerprint density at radius 3 is 2.10 bits per heavy atom. The molecule has 90 heavy (non-hydrogen) atoms. The fourth-order valence-electron chi connectivity index (χ4n) is 14.5. The first-order valence-electron chi connectivity index (χ1n) is 31.0. The minimum atomic E-state index is -6.15. The van der Waals surface area contributed by atoms with Crippen LogP contribution in [0.4, 0.5) is 30.2 Å². The summed E-state index contributed by atoms with van der Waals surface area (Å²) >= 11 is 1.42. The topological polar surface area (TPSA) is 235 Å². The average Bonchev–Trinajstić information content (AvgIpc) is 0.912. The molecule has 12 rings (SSSR count). The molecule has 19 nitrogen and oxygen atoms in total. The van der Waals surface area contributed by atoms with E-state index in [0.717, 1.165) is 66.8 Å². The van der Waals surface area contributed by atoms with Crippen LogP contribution in [0.25, 0.3) is 0 Å². The van der Waals surface area contributed by atoms with Crippen LogP contribution >= 0.6 is 11.8 Å². The smallest absolute Gasteiger partial charge is 0.380 e. The Morgan fingerprint density at radius 2 is 1.43 bits per heavy atom. The highest BCUT2D eigenvalue weighted by molar-refractivity contribution is 7.99. The van der Waals surface area contributed by atoms with Crippen LogP contribution in [0.5, 0.6) is 0 Å². The third-order valence-electron chi connectivity index (χ3n) is 19.2. The zero-order valence-corrected chi connectivity index (χ0v) is 53.4. The summed E-state index contributed by atoms with van der Waals surface area (Å²) in [4.78, 5) is 86.4. The molecule has 2 bridgehead atoms. The molecule has 4 aliphatic heterocycles. The predicted octanol–water partition coefficient (Wildman–Crippen LogP) is 8.71. The zero-order chi connectivity index (χ0) is 64.0. The fraction of sp³-hybridized carbons (Fsp3) is 0.508. The maximum Gasteiger partial charge on any atom is 0.501 e. The monoisotopic (exact) mass is 1300 g/mol. The van der Waals surface area contributed by atoms with Crippen LogP contribution in [-0.2, 0) is 34.2 Å². The number of benzene rings is 4. The first-order chi connectivity index (χ1) is 42.7. The van der Waals surface area contributed by atoms with Gasteiger partial charge in [-0.1, -0.05) is 56.2 Å². The number of piperidine rings is 1. The number of sulfone groups is 1. The number of alkyl halides is 3. The number of anilines is 3. The van der Waals surface area contributed by atoms with E-state index in [1.165, 1.54) is 74.2 Å². The number of fused-ring (bicyclic) bond motifs is 1. The number of piperazine rings is 2. The molecule has 4 N–H and O–H groups in total. The second-order valence-corrected chi connectivity index (χ2v) is 31.2. The van der Waals surface area contributed by atoms with Gasteiger partial charge in [-0.05, 0) is 154 Å². The molecule has 4 aromatic rings. The third-order valence-corrected chi connectivity index (χ3v) is 23.2. The Bertz CT molecular complexity index is 3700. The molecule has 0 aromatic heterocycles. The quantitative estimate of drug-likeness (QED) is 0.0235. The summed E-state index contributed by atoms with van der Waals surface area (Å²) in [5.74, 6) is -3.72. The van der Waals surface area contributed by atoms with E-state index in [1.54, 1.807) is 23.3 Å². The Morgan fingerprint density at radius 1 is 0.756 bits per heavy atom. The summed E-state index contributed by atoms with van der Waals surface area (Å²) < 4.78 is 99.9. The van der Waals surface area contributed by atoms with Crippen LogP contribution in [0.2, 0.25) is 0 Å². The Kier molecular flexibility index (Phi) is 18.6. The number of amides is 6. The lowest BCUT2D eigenvalue weighted by Gasteiger charge is -2.72.